The third kappa shape index (κ3) is 7.60. The molecule has 2 heterocycles. The van der Waals surface area contributed by atoms with Gasteiger partial charge in [-0.05, 0) is 57.7 Å². The second-order valence-electron chi connectivity index (χ2n) is 11.1. The highest BCUT2D eigenvalue weighted by atomic mass is 19.4. The summed E-state index contributed by atoms with van der Waals surface area (Å²) in [5.74, 6) is 0.348. The molecular weight excluding hydrogens is 599 g/mol. The third-order valence-corrected chi connectivity index (χ3v) is 7.90. The van der Waals surface area contributed by atoms with Gasteiger partial charge in [0.25, 0.3) is 0 Å². The van der Waals surface area contributed by atoms with Crippen molar-refractivity contribution in [2.75, 3.05) is 0 Å². The Hall–Kier alpha value is -5.04. The van der Waals surface area contributed by atoms with Crippen LogP contribution in [0, 0.1) is 0 Å². The topological polar surface area (TPSA) is 120 Å². The minimum absolute atomic E-state index is 0.0661. The summed E-state index contributed by atoms with van der Waals surface area (Å²) in [6.45, 7) is 0.410. The first-order chi connectivity index (χ1) is 22.3. The average Bonchev–Trinajstić information content (AvgIpc) is 3.74. The van der Waals surface area contributed by atoms with Crippen LogP contribution in [-0.2, 0) is 35.5 Å². The Labute approximate surface area is 262 Å². The van der Waals surface area contributed by atoms with E-state index in [0.29, 0.717) is 29.6 Å². The zero-order chi connectivity index (χ0) is 31.9. The fourth-order valence-electron chi connectivity index (χ4n) is 5.56. The standard InChI is InChI=1S/C33H32F3N7O3/c34-33(35,36)25-16-14-23(15-17-25)26-11-5-4-10-24(26)21-46-31-18-28(32-38-41-42-39-32)40-43(31)19-30(44)37-27-12-6-7-13-29(27)45-20-22-8-2-1-3-9-22/h1-5,8-11,14-18,27,29H,6-7,12-13,19-21H2,(H,37,44)(H,38,39,41,42). The number of alkyl halides is 3. The predicted octanol–water partition coefficient (Wildman–Crippen LogP) is 5.97. The van der Waals surface area contributed by atoms with Crippen LogP contribution in [0.4, 0.5) is 13.2 Å². The van der Waals surface area contributed by atoms with Gasteiger partial charge in [-0.2, -0.15) is 18.3 Å². The molecule has 238 valence electrons. The molecule has 1 saturated carbocycles. The van der Waals surface area contributed by atoms with E-state index >= 15 is 0 Å². The van der Waals surface area contributed by atoms with Crippen LogP contribution in [0.15, 0.2) is 84.9 Å². The van der Waals surface area contributed by atoms with E-state index in [4.69, 9.17) is 9.47 Å². The second kappa shape index (κ2) is 13.9. The van der Waals surface area contributed by atoms with Crippen LogP contribution in [0.25, 0.3) is 22.6 Å². The molecule has 1 aliphatic carbocycles. The van der Waals surface area contributed by atoms with Crippen LogP contribution >= 0.6 is 0 Å². The molecule has 3 aromatic carbocycles. The molecule has 2 aromatic heterocycles. The van der Waals surface area contributed by atoms with Gasteiger partial charge in [-0.15, -0.1) is 5.10 Å². The molecule has 1 amide bonds. The Bertz CT molecular complexity index is 1730. The van der Waals surface area contributed by atoms with Crippen LogP contribution in [0.2, 0.25) is 0 Å². The molecule has 1 fully saturated rings. The molecular formula is C33H32F3N7O3. The number of halogens is 3. The number of benzene rings is 3. The lowest BCUT2D eigenvalue weighted by Gasteiger charge is -2.32. The van der Waals surface area contributed by atoms with E-state index in [2.05, 4.69) is 31.0 Å². The van der Waals surface area contributed by atoms with E-state index in [1.165, 1.54) is 16.8 Å². The largest absolute Gasteiger partial charge is 0.473 e. The highest BCUT2D eigenvalue weighted by Gasteiger charge is 2.30. The maximum Gasteiger partial charge on any atom is 0.416 e. The maximum absolute atomic E-state index is 13.3. The summed E-state index contributed by atoms with van der Waals surface area (Å²) in [6, 6.07) is 23.7. The molecule has 0 bridgehead atoms. The smallest absolute Gasteiger partial charge is 0.416 e. The molecule has 2 N–H and O–H groups in total. The highest BCUT2D eigenvalue weighted by molar-refractivity contribution is 5.76. The van der Waals surface area contributed by atoms with Crippen molar-refractivity contribution in [3.05, 3.63) is 102 Å². The first-order valence-electron chi connectivity index (χ1n) is 15.0. The van der Waals surface area contributed by atoms with Gasteiger partial charge < -0.3 is 14.8 Å². The highest BCUT2D eigenvalue weighted by Crippen LogP contribution is 2.32. The van der Waals surface area contributed by atoms with Crippen molar-refractivity contribution in [3.63, 3.8) is 0 Å². The van der Waals surface area contributed by atoms with Crippen molar-refractivity contribution in [2.45, 2.75) is 63.8 Å². The summed E-state index contributed by atoms with van der Waals surface area (Å²) in [7, 11) is 0. The monoisotopic (exact) mass is 631 g/mol. The first kappa shape index (κ1) is 31.0. The van der Waals surface area contributed by atoms with E-state index in [-0.39, 0.29) is 31.2 Å². The van der Waals surface area contributed by atoms with Crippen molar-refractivity contribution in [1.29, 1.82) is 0 Å². The van der Waals surface area contributed by atoms with Gasteiger partial charge in [-0.1, -0.05) is 79.6 Å². The van der Waals surface area contributed by atoms with Crippen LogP contribution in [0.5, 0.6) is 5.88 Å². The summed E-state index contributed by atoms with van der Waals surface area (Å²) in [5.41, 5.74) is 2.81. The predicted molar refractivity (Wildman–Crippen MR) is 162 cm³/mol. The number of aromatic nitrogens is 6. The van der Waals surface area contributed by atoms with E-state index < -0.39 is 11.7 Å². The molecule has 0 aliphatic heterocycles. The van der Waals surface area contributed by atoms with Gasteiger partial charge in [-0.25, -0.2) is 9.78 Å². The Kier molecular flexibility index (Phi) is 9.38. The fraction of sp³-hybridized carbons (Fsp3) is 0.303. The molecule has 1 aliphatic rings. The number of rotatable bonds is 11. The number of tetrazole rings is 1. The number of carbonyl (C=O) groups is 1. The van der Waals surface area contributed by atoms with E-state index in [1.807, 2.05) is 54.6 Å². The Morgan fingerprint density at radius 2 is 1.72 bits per heavy atom. The summed E-state index contributed by atoms with van der Waals surface area (Å²) < 4.78 is 53.2. The van der Waals surface area contributed by atoms with Crippen molar-refractivity contribution in [1.82, 2.24) is 35.7 Å². The Balaban J connectivity index is 1.16. The molecule has 46 heavy (non-hydrogen) atoms. The van der Waals surface area contributed by atoms with Crippen molar-refractivity contribution in [3.8, 4) is 28.5 Å². The minimum Gasteiger partial charge on any atom is -0.473 e. The number of carbonyl (C=O) groups excluding carboxylic acids is 1. The Morgan fingerprint density at radius 3 is 2.48 bits per heavy atom. The lowest BCUT2D eigenvalue weighted by molar-refractivity contribution is -0.137. The number of hydrogen-bond acceptors (Lipinski definition) is 7. The third-order valence-electron chi connectivity index (χ3n) is 7.90. The van der Waals surface area contributed by atoms with Crippen LogP contribution in [-0.4, -0.2) is 48.5 Å². The van der Waals surface area contributed by atoms with Gasteiger partial charge in [0.05, 0.1) is 24.3 Å². The van der Waals surface area contributed by atoms with Crippen LogP contribution in [0.3, 0.4) is 0 Å². The molecule has 5 aromatic rings. The zero-order valence-corrected chi connectivity index (χ0v) is 24.8. The SMILES string of the molecule is O=C(Cn1nc(-c2nnn[nH]2)cc1OCc1ccccc1-c1ccc(C(F)(F)F)cc1)NC1CCCCC1OCc1ccccc1. The van der Waals surface area contributed by atoms with Crippen molar-refractivity contribution >= 4 is 5.91 Å². The molecule has 0 radical (unpaired) electrons. The van der Waals surface area contributed by atoms with Gasteiger partial charge >= 0.3 is 6.18 Å². The molecule has 10 nitrogen and oxygen atoms in total. The number of ether oxygens (including phenoxy) is 2. The van der Waals surface area contributed by atoms with E-state index in [9.17, 15) is 18.0 Å². The number of amides is 1. The number of H-pyrrole nitrogens is 1. The molecule has 2 unspecified atom stereocenters. The molecule has 13 heteroatoms. The summed E-state index contributed by atoms with van der Waals surface area (Å²) >= 11 is 0. The van der Waals surface area contributed by atoms with Crippen LogP contribution in [0.1, 0.15) is 42.4 Å². The maximum atomic E-state index is 13.3. The molecule has 2 atom stereocenters. The lowest BCUT2D eigenvalue weighted by atomic mass is 9.92. The Morgan fingerprint density at radius 1 is 0.957 bits per heavy atom. The summed E-state index contributed by atoms with van der Waals surface area (Å²) in [6.07, 6.45) is -0.837. The van der Waals surface area contributed by atoms with E-state index in [1.54, 1.807) is 6.07 Å². The number of nitrogens with one attached hydrogen (secondary N) is 2. The second-order valence-corrected chi connectivity index (χ2v) is 11.1. The number of nitrogens with zero attached hydrogens (tertiary/aromatic N) is 5. The fourth-order valence-corrected chi connectivity index (χ4v) is 5.56. The van der Waals surface area contributed by atoms with Gasteiger partial charge in [-0.3, -0.25) is 4.79 Å². The van der Waals surface area contributed by atoms with Gasteiger partial charge in [0.2, 0.25) is 11.8 Å². The average molecular weight is 632 g/mol. The number of hydrogen-bond donors (Lipinski definition) is 2. The van der Waals surface area contributed by atoms with E-state index in [0.717, 1.165) is 54.5 Å². The van der Waals surface area contributed by atoms with Crippen molar-refractivity contribution < 1.29 is 27.4 Å². The quantitative estimate of drug-likeness (QED) is 0.184. The number of aromatic amines is 1. The summed E-state index contributed by atoms with van der Waals surface area (Å²) in [4.78, 5) is 13.3. The first-order valence-corrected chi connectivity index (χ1v) is 15.0. The zero-order valence-electron chi connectivity index (χ0n) is 24.8. The minimum atomic E-state index is -4.42. The molecule has 6 rings (SSSR count). The lowest BCUT2D eigenvalue weighted by Crippen LogP contribution is -2.47. The normalized spacial score (nSPS) is 16.7. The molecule has 0 saturated heterocycles. The van der Waals surface area contributed by atoms with Gasteiger partial charge in [0, 0.05) is 6.07 Å². The van der Waals surface area contributed by atoms with Gasteiger partial charge in [0.15, 0.2) is 5.82 Å². The van der Waals surface area contributed by atoms with Crippen molar-refractivity contribution in [2.24, 2.45) is 0 Å². The molecule has 0 spiro atoms. The van der Waals surface area contributed by atoms with Crippen LogP contribution < -0.4 is 10.1 Å². The van der Waals surface area contributed by atoms with Gasteiger partial charge in [0.1, 0.15) is 18.8 Å². The summed E-state index contributed by atoms with van der Waals surface area (Å²) in [5, 5.41) is 21.5.